The number of H-pyrrole nitrogens is 1. The predicted molar refractivity (Wildman–Crippen MR) is 29.9 cm³/mol. The molecule has 48 valence electrons. The van der Waals surface area contributed by atoms with Crippen molar-refractivity contribution in [1.82, 2.24) is 10.2 Å². The topological polar surface area (TPSA) is 55.0 Å². The van der Waals surface area contributed by atoms with E-state index in [2.05, 4.69) is 14.9 Å². The minimum Gasteiger partial charge on any atom is -0.408 e. The fraction of sp³-hybridized carbons (Fsp3) is 0.200. The molecule has 0 aromatic carbocycles. The maximum atomic E-state index is 10.2. The number of aromatic amines is 1. The molecule has 4 nitrogen and oxygen atoms in total. The molecular formula is C5H6N2O2. The van der Waals surface area contributed by atoms with Crippen LogP contribution in [0.3, 0.4) is 0 Å². The first kappa shape index (κ1) is 5.81. The molecule has 0 aliphatic carbocycles. The number of carbonyl (C=O) groups is 1. The van der Waals surface area contributed by atoms with Crippen molar-refractivity contribution in [2.45, 2.75) is 6.92 Å². The fourth-order valence-corrected chi connectivity index (χ4v) is 0.455. The van der Waals surface area contributed by atoms with Gasteiger partial charge in [-0.05, 0) is 0 Å². The normalized spacial score (nSPS) is 9.00. The zero-order chi connectivity index (χ0) is 6.69. The molecule has 0 atom stereocenters. The van der Waals surface area contributed by atoms with Crippen LogP contribution in [-0.4, -0.2) is 16.2 Å². The average Bonchev–Trinajstić information content (AvgIpc) is 2.15. The first-order valence-corrected chi connectivity index (χ1v) is 2.47. The summed E-state index contributed by atoms with van der Waals surface area (Å²) >= 11 is 0. The van der Waals surface area contributed by atoms with Crippen LogP contribution in [-0.2, 0) is 4.79 Å². The van der Waals surface area contributed by atoms with Crippen LogP contribution in [0, 0.1) is 0 Å². The molecule has 0 saturated carbocycles. The SMILES string of the molecule is CC(=O)Oc1ccn[nH]1. The summed E-state index contributed by atoms with van der Waals surface area (Å²) in [6, 6.07) is 1.57. The second kappa shape index (κ2) is 2.30. The van der Waals surface area contributed by atoms with E-state index in [0.717, 1.165) is 0 Å². The van der Waals surface area contributed by atoms with E-state index in [9.17, 15) is 4.79 Å². The molecule has 0 fully saturated rings. The summed E-state index contributed by atoms with van der Waals surface area (Å²) in [5.41, 5.74) is 0. The van der Waals surface area contributed by atoms with Gasteiger partial charge in [-0.25, -0.2) is 5.10 Å². The van der Waals surface area contributed by atoms with Gasteiger partial charge in [0, 0.05) is 13.0 Å². The summed E-state index contributed by atoms with van der Waals surface area (Å²) < 4.78 is 4.60. The number of aromatic nitrogens is 2. The van der Waals surface area contributed by atoms with Crippen molar-refractivity contribution in [1.29, 1.82) is 0 Å². The molecule has 1 rings (SSSR count). The lowest BCUT2D eigenvalue weighted by Crippen LogP contribution is -2.01. The third kappa shape index (κ3) is 1.56. The lowest BCUT2D eigenvalue weighted by Gasteiger charge is -1.91. The van der Waals surface area contributed by atoms with Gasteiger partial charge < -0.3 is 4.74 Å². The number of carbonyl (C=O) groups excluding carboxylic acids is 1. The molecule has 0 aliphatic heterocycles. The number of hydrogen-bond acceptors (Lipinski definition) is 3. The minimum atomic E-state index is -0.348. The summed E-state index contributed by atoms with van der Waals surface area (Å²) in [5.74, 6) is 0.0294. The number of nitrogens with zero attached hydrogens (tertiary/aromatic N) is 1. The van der Waals surface area contributed by atoms with Crippen LogP contribution in [0.2, 0.25) is 0 Å². The molecule has 0 unspecified atom stereocenters. The van der Waals surface area contributed by atoms with Gasteiger partial charge in [0.1, 0.15) is 0 Å². The van der Waals surface area contributed by atoms with Crippen LogP contribution in [0.15, 0.2) is 12.3 Å². The smallest absolute Gasteiger partial charge is 0.309 e. The molecule has 0 saturated heterocycles. The molecule has 1 aromatic rings. The van der Waals surface area contributed by atoms with Crippen LogP contribution in [0.4, 0.5) is 0 Å². The van der Waals surface area contributed by atoms with Crippen molar-refractivity contribution in [3.05, 3.63) is 12.3 Å². The van der Waals surface area contributed by atoms with Crippen molar-refractivity contribution in [2.75, 3.05) is 0 Å². The maximum absolute atomic E-state index is 10.2. The molecule has 9 heavy (non-hydrogen) atoms. The molecule has 1 N–H and O–H groups in total. The second-order valence-corrected chi connectivity index (χ2v) is 1.51. The Balaban J connectivity index is 2.58. The third-order valence-corrected chi connectivity index (χ3v) is 0.729. The molecule has 0 radical (unpaired) electrons. The fourth-order valence-electron chi connectivity index (χ4n) is 0.455. The lowest BCUT2D eigenvalue weighted by molar-refractivity contribution is -0.132. The first-order chi connectivity index (χ1) is 4.29. The predicted octanol–water partition coefficient (Wildman–Crippen LogP) is 0.335. The molecule has 1 aromatic heterocycles. The minimum absolute atomic E-state index is 0.348. The van der Waals surface area contributed by atoms with Gasteiger partial charge in [-0.2, -0.15) is 5.10 Å². The highest BCUT2D eigenvalue weighted by atomic mass is 16.5. The van der Waals surface area contributed by atoms with Gasteiger partial charge in [0.15, 0.2) is 0 Å². The monoisotopic (exact) mass is 126 g/mol. The maximum Gasteiger partial charge on any atom is 0.309 e. The number of hydrogen-bond donors (Lipinski definition) is 1. The van der Waals surface area contributed by atoms with Crippen molar-refractivity contribution < 1.29 is 9.53 Å². The highest BCUT2D eigenvalue weighted by molar-refractivity contribution is 5.68. The van der Waals surface area contributed by atoms with E-state index in [0.29, 0.717) is 5.88 Å². The van der Waals surface area contributed by atoms with Crippen LogP contribution < -0.4 is 4.74 Å². The van der Waals surface area contributed by atoms with Crippen LogP contribution in [0.25, 0.3) is 0 Å². The largest absolute Gasteiger partial charge is 0.408 e. The average molecular weight is 126 g/mol. The van der Waals surface area contributed by atoms with E-state index >= 15 is 0 Å². The van der Waals surface area contributed by atoms with E-state index in [1.807, 2.05) is 0 Å². The van der Waals surface area contributed by atoms with Crippen LogP contribution in [0.1, 0.15) is 6.92 Å². The molecule has 0 amide bonds. The highest BCUT2D eigenvalue weighted by Gasteiger charge is 1.95. The quantitative estimate of drug-likeness (QED) is 0.552. The van der Waals surface area contributed by atoms with Gasteiger partial charge in [0.2, 0.25) is 5.88 Å². The molecule has 0 bridgehead atoms. The third-order valence-electron chi connectivity index (χ3n) is 0.729. The number of esters is 1. The van der Waals surface area contributed by atoms with Gasteiger partial charge in [-0.3, -0.25) is 4.79 Å². The van der Waals surface area contributed by atoms with Gasteiger partial charge in [-0.1, -0.05) is 0 Å². The Labute approximate surface area is 51.8 Å². The Hall–Kier alpha value is -1.32. The molecular weight excluding hydrogens is 120 g/mol. The summed E-state index contributed by atoms with van der Waals surface area (Å²) in [4.78, 5) is 10.2. The Kier molecular flexibility index (Phi) is 1.48. The number of rotatable bonds is 1. The van der Waals surface area contributed by atoms with Gasteiger partial charge >= 0.3 is 5.97 Å². The Morgan fingerprint density at radius 1 is 1.89 bits per heavy atom. The molecule has 0 spiro atoms. The summed E-state index contributed by atoms with van der Waals surface area (Å²) in [7, 11) is 0. The Bertz CT molecular complexity index is 193. The summed E-state index contributed by atoms with van der Waals surface area (Å²) in [6.45, 7) is 1.33. The van der Waals surface area contributed by atoms with E-state index in [1.165, 1.54) is 13.1 Å². The van der Waals surface area contributed by atoms with Crippen molar-refractivity contribution in [3.8, 4) is 5.88 Å². The van der Waals surface area contributed by atoms with E-state index in [-0.39, 0.29) is 5.97 Å². The van der Waals surface area contributed by atoms with Crippen molar-refractivity contribution >= 4 is 5.97 Å². The second-order valence-electron chi connectivity index (χ2n) is 1.51. The van der Waals surface area contributed by atoms with E-state index in [1.54, 1.807) is 6.07 Å². The van der Waals surface area contributed by atoms with Crippen molar-refractivity contribution in [3.63, 3.8) is 0 Å². The molecule has 1 heterocycles. The van der Waals surface area contributed by atoms with Gasteiger partial charge in [0.05, 0.1) is 6.20 Å². The molecule has 4 heteroatoms. The summed E-state index contributed by atoms with van der Waals surface area (Å²) in [5, 5.41) is 6.05. The van der Waals surface area contributed by atoms with Gasteiger partial charge in [-0.15, -0.1) is 0 Å². The van der Waals surface area contributed by atoms with E-state index in [4.69, 9.17) is 0 Å². The summed E-state index contributed by atoms with van der Waals surface area (Å²) in [6.07, 6.45) is 1.51. The molecule has 0 aliphatic rings. The Morgan fingerprint density at radius 2 is 2.67 bits per heavy atom. The lowest BCUT2D eigenvalue weighted by atomic mass is 10.7. The Morgan fingerprint density at radius 3 is 3.11 bits per heavy atom. The zero-order valence-electron chi connectivity index (χ0n) is 4.92. The van der Waals surface area contributed by atoms with Crippen LogP contribution >= 0.6 is 0 Å². The standard InChI is InChI=1S/C5H6N2O2/c1-4(8)9-5-2-3-6-7-5/h2-3H,1H3,(H,6,7). The first-order valence-electron chi connectivity index (χ1n) is 2.47. The van der Waals surface area contributed by atoms with E-state index < -0.39 is 0 Å². The highest BCUT2D eigenvalue weighted by Crippen LogP contribution is 2.00. The van der Waals surface area contributed by atoms with Crippen LogP contribution in [0.5, 0.6) is 5.88 Å². The zero-order valence-corrected chi connectivity index (χ0v) is 4.92. The van der Waals surface area contributed by atoms with Crippen molar-refractivity contribution in [2.24, 2.45) is 0 Å². The van der Waals surface area contributed by atoms with Gasteiger partial charge in [0.25, 0.3) is 0 Å². The number of nitrogens with one attached hydrogen (secondary N) is 1. The number of ether oxygens (including phenoxy) is 1.